The molecule has 184 valence electrons. The first-order chi connectivity index (χ1) is 16.5. The average Bonchev–Trinajstić information content (AvgIpc) is 2.84. The van der Waals surface area contributed by atoms with Gasteiger partial charge < -0.3 is 14.6 Å². The van der Waals surface area contributed by atoms with Gasteiger partial charge in [-0.25, -0.2) is 0 Å². The molecule has 1 fully saturated rings. The monoisotopic (exact) mass is 463 g/mol. The van der Waals surface area contributed by atoms with E-state index in [1.165, 1.54) is 40.7 Å². The first kappa shape index (κ1) is 24.8. The summed E-state index contributed by atoms with van der Waals surface area (Å²) < 4.78 is 11.8. The van der Waals surface area contributed by atoms with Gasteiger partial charge in [0.15, 0.2) is 0 Å². The number of aliphatic hydroxyl groups excluding tert-OH is 1. The third-order valence-corrected chi connectivity index (χ3v) is 7.45. The number of aryl methyl sites for hydroxylation is 1. The van der Waals surface area contributed by atoms with E-state index in [0.29, 0.717) is 18.6 Å². The van der Waals surface area contributed by atoms with Crippen molar-refractivity contribution in [3.63, 3.8) is 0 Å². The quantitative estimate of drug-likeness (QED) is 0.492. The highest BCUT2D eigenvalue weighted by molar-refractivity contribution is 5.72. The largest absolute Gasteiger partial charge is 0.496 e. The van der Waals surface area contributed by atoms with Crippen molar-refractivity contribution in [1.29, 1.82) is 0 Å². The second kappa shape index (κ2) is 11.4. The molecule has 1 aliphatic heterocycles. The number of hydrogen-bond acceptors (Lipinski definition) is 4. The molecule has 0 spiro atoms. The fourth-order valence-electron chi connectivity index (χ4n) is 5.48. The predicted octanol–water partition coefficient (Wildman–Crippen LogP) is 6.04. The second-order valence-electron chi connectivity index (χ2n) is 10.4. The van der Waals surface area contributed by atoms with Gasteiger partial charge in [0.05, 0.1) is 13.7 Å². The van der Waals surface area contributed by atoms with Gasteiger partial charge in [-0.1, -0.05) is 44.0 Å². The first-order valence-corrected chi connectivity index (χ1v) is 12.9. The Morgan fingerprint density at radius 2 is 1.94 bits per heavy atom. The lowest BCUT2D eigenvalue weighted by Crippen LogP contribution is -2.43. The number of nitrogens with zero attached hydrogens (tertiary/aromatic N) is 1. The Hall–Kier alpha value is -2.30. The van der Waals surface area contributed by atoms with Crippen LogP contribution in [0.25, 0.3) is 5.57 Å². The SMILES string of the molecule is COc1cc(CC(C)C)ccc1COc1ccc2c(c1)CCC(CN1CCCCC1CO)=C2C. The molecule has 4 heteroatoms. The standard InChI is InChI=1S/C30H41NO3/c1-21(2)15-23-8-9-26(30(16-23)33-4)20-34-28-12-13-29-22(3)25(11-10-24(29)17-28)18-31-14-6-5-7-27(31)19-32/h8-9,12-13,16-17,21,27,32H,5-7,10-11,14-15,18-20H2,1-4H3. The molecule has 2 aromatic carbocycles. The highest BCUT2D eigenvalue weighted by atomic mass is 16.5. The molecule has 4 rings (SSSR count). The molecule has 4 nitrogen and oxygen atoms in total. The number of piperidine rings is 1. The fourth-order valence-corrected chi connectivity index (χ4v) is 5.48. The molecule has 1 N–H and O–H groups in total. The van der Waals surface area contributed by atoms with E-state index in [0.717, 1.165) is 55.8 Å². The molecule has 1 saturated heterocycles. The van der Waals surface area contributed by atoms with Crippen molar-refractivity contribution < 1.29 is 14.6 Å². The van der Waals surface area contributed by atoms with Crippen LogP contribution in [0.4, 0.5) is 0 Å². The number of methoxy groups -OCH3 is 1. The molecule has 1 atom stereocenters. The molecule has 2 aromatic rings. The summed E-state index contributed by atoms with van der Waals surface area (Å²) in [5.41, 5.74) is 8.02. The Bertz CT molecular complexity index is 1010. The summed E-state index contributed by atoms with van der Waals surface area (Å²) in [6.45, 7) is 9.59. The van der Waals surface area contributed by atoms with Crippen LogP contribution in [-0.2, 0) is 19.4 Å². The van der Waals surface area contributed by atoms with Crippen molar-refractivity contribution in [2.75, 3.05) is 26.8 Å². The summed E-state index contributed by atoms with van der Waals surface area (Å²) >= 11 is 0. The van der Waals surface area contributed by atoms with Crippen LogP contribution in [-0.4, -0.2) is 42.9 Å². The number of benzene rings is 2. The van der Waals surface area contributed by atoms with E-state index in [9.17, 15) is 5.11 Å². The van der Waals surface area contributed by atoms with Gasteiger partial charge in [0.1, 0.15) is 18.1 Å². The van der Waals surface area contributed by atoms with Crippen LogP contribution in [0.5, 0.6) is 11.5 Å². The van der Waals surface area contributed by atoms with Gasteiger partial charge in [0, 0.05) is 18.2 Å². The van der Waals surface area contributed by atoms with E-state index in [1.54, 1.807) is 7.11 Å². The van der Waals surface area contributed by atoms with E-state index in [-0.39, 0.29) is 6.61 Å². The zero-order valence-corrected chi connectivity index (χ0v) is 21.4. The maximum Gasteiger partial charge on any atom is 0.125 e. The Kier molecular flexibility index (Phi) is 8.33. The van der Waals surface area contributed by atoms with Crippen LogP contribution in [0.3, 0.4) is 0 Å². The molecule has 0 bridgehead atoms. The first-order valence-electron chi connectivity index (χ1n) is 12.9. The van der Waals surface area contributed by atoms with Crippen LogP contribution < -0.4 is 9.47 Å². The third kappa shape index (κ3) is 5.84. The molecule has 2 aliphatic rings. The number of rotatable bonds is 9. The number of aliphatic hydroxyl groups is 1. The summed E-state index contributed by atoms with van der Waals surface area (Å²) in [5.74, 6) is 2.44. The number of hydrogen-bond donors (Lipinski definition) is 1. The van der Waals surface area contributed by atoms with E-state index in [4.69, 9.17) is 9.47 Å². The molecular weight excluding hydrogens is 422 g/mol. The van der Waals surface area contributed by atoms with Crippen molar-refractivity contribution >= 4 is 5.57 Å². The Morgan fingerprint density at radius 1 is 1.09 bits per heavy atom. The van der Waals surface area contributed by atoms with Gasteiger partial charge in [-0.15, -0.1) is 0 Å². The fraction of sp³-hybridized carbons (Fsp3) is 0.533. The minimum Gasteiger partial charge on any atom is -0.496 e. The molecule has 1 aliphatic carbocycles. The minimum absolute atomic E-state index is 0.273. The Balaban J connectivity index is 1.44. The predicted molar refractivity (Wildman–Crippen MR) is 140 cm³/mol. The lowest BCUT2D eigenvalue weighted by atomic mass is 9.85. The van der Waals surface area contributed by atoms with Crippen molar-refractivity contribution in [3.8, 4) is 11.5 Å². The van der Waals surface area contributed by atoms with Gasteiger partial charge in [-0.05, 0) is 92.0 Å². The van der Waals surface area contributed by atoms with Crippen LogP contribution in [0.1, 0.15) is 68.7 Å². The molecule has 0 radical (unpaired) electrons. The zero-order valence-electron chi connectivity index (χ0n) is 21.4. The Morgan fingerprint density at radius 3 is 2.71 bits per heavy atom. The zero-order chi connectivity index (χ0) is 24.1. The van der Waals surface area contributed by atoms with Gasteiger partial charge in [-0.2, -0.15) is 0 Å². The number of allylic oxidation sites excluding steroid dienone is 1. The second-order valence-corrected chi connectivity index (χ2v) is 10.4. The van der Waals surface area contributed by atoms with Crippen molar-refractivity contribution in [1.82, 2.24) is 4.90 Å². The van der Waals surface area contributed by atoms with Crippen molar-refractivity contribution in [2.45, 2.75) is 71.9 Å². The van der Waals surface area contributed by atoms with E-state index >= 15 is 0 Å². The molecule has 0 saturated carbocycles. The number of fused-ring (bicyclic) bond motifs is 1. The minimum atomic E-state index is 0.273. The molecule has 1 heterocycles. The molecule has 0 amide bonds. The van der Waals surface area contributed by atoms with Gasteiger partial charge in [0.25, 0.3) is 0 Å². The molecule has 0 aromatic heterocycles. The van der Waals surface area contributed by atoms with Crippen LogP contribution in [0.2, 0.25) is 0 Å². The van der Waals surface area contributed by atoms with Gasteiger partial charge in [-0.3, -0.25) is 4.90 Å². The van der Waals surface area contributed by atoms with E-state index in [1.807, 2.05) is 0 Å². The lowest BCUT2D eigenvalue weighted by molar-refractivity contribution is 0.0980. The highest BCUT2D eigenvalue weighted by Gasteiger charge is 2.25. The molecule has 1 unspecified atom stereocenters. The summed E-state index contributed by atoms with van der Waals surface area (Å²) in [5, 5.41) is 9.78. The molecule has 34 heavy (non-hydrogen) atoms. The average molecular weight is 464 g/mol. The normalized spacial score (nSPS) is 18.8. The summed E-state index contributed by atoms with van der Waals surface area (Å²) in [7, 11) is 1.73. The van der Waals surface area contributed by atoms with Crippen molar-refractivity contribution in [3.05, 3.63) is 64.2 Å². The molecular formula is C30H41NO3. The summed E-state index contributed by atoms with van der Waals surface area (Å²) in [6.07, 6.45) is 6.78. The van der Waals surface area contributed by atoms with Crippen LogP contribution in [0, 0.1) is 5.92 Å². The van der Waals surface area contributed by atoms with Crippen LogP contribution in [0.15, 0.2) is 42.0 Å². The lowest BCUT2D eigenvalue weighted by Gasteiger charge is -2.36. The highest BCUT2D eigenvalue weighted by Crippen LogP contribution is 2.35. The van der Waals surface area contributed by atoms with E-state index in [2.05, 4.69) is 62.1 Å². The maximum absolute atomic E-state index is 9.78. The van der Waals surface area contributed by atoms with Gasteiger partial charge >= 0.3 is 0 Å². The van der Waals surface area contributed by atoms with Gasteiger partial charge in [0.2, 0.25) is 0 Å². The number of likely N-dealkylation sites (tertiary alicyclic amines) is 1. The topological polar surface area (TPSA) is 41.9 Å². The third-order valence-electron chi connectivity index (χ3n) is 7.45. The summed E-state index contributed by atoms with van der Waals surface area (Å²) in [4.78, 5) is 2.49. The summed E-state index contributed by atoms with van der Waals surface area (Å²) in [6, 6.07) is 13.3. The van der Waals surface area contributed by atoms with Crippen molar-refractivity contribution in [2.24, 2.45) is 5.92 Å². The van der Waals surface area contributed by atoms with E-state index < -0.39 is 0 Å². The maximum atomic E-state index is 9.78. The van der Waals surface area contributed by atoms with Crippen LogP contribution >= 0.6 is 0 Å². The Labute approximate surface area is 205 Å². The smallest absolute Gasteiger partial charge is 0.125 e. The number of ether oxygens (including phenoxy) is 2.